The SMILES string of the molecule is CCOC(=O)C(C=NC1CC1)=C(O)c1cnc(Cl)c(Cl)c1Cl. The Bertz CT molecular complexity index is 655. The van der Waals surface area contributed by atoms with Crippen LogP contribution in [0.1, 0.15) is 25.3 Å². The molecule has 0 saturated heterocycles. The van der Waals surface area contributed by atoms with Crippen molar-refractivity contribution in [1.29, 1.82) is 0 Å². The number of halogens is 3. The number of aliphatic hydroxyl groups is 1. The third kappa shape index (κ3) is 3.91. The normalized spacial score (nSPS) is 15.8. The van der Waals surface area contributed by atoms with Gasteiger partial charge in [0.05, 0.1) is 28.3 Å². The van der Waals surface area contributed by atoms with Crippen molar-refractivity contribution in [2.45, 2.75) is 25.8 Å². The highest BCUT2D eigenvalue weighted by Gasteiger charge is 2.23. The molecule has 1 N–H and O–H groups in total. The van der Waals surface area contributed by atoms with E-state index in [4.69, 9.17) is 39.5 Å². The zero-order chi connectivity index (χ0) is 16.3. The summed E-state index contributed by atoms with van der Waals surface area (Å²) < 4.78 is 4.92. The van der Waals surface area contributed by atoms with Gasteiger partial charge in [-0.3, -0.25) is 4.99 Å². The minimum absolute atomic E-state index is 0.000729. The number of aliphatic imine (C=N–C) groups is 1. The van der Waals surface area contributed by atoms with Gasteiger partial charge >= 0.3 is 5.97 Å². The van der Waals surface area contributed by atoms with Gasteiger partial charge in [0, 0.05) is 12.4 Å². The lowest BCUT2D eigenvalue weighted by Crippen LogP contribution is -2.12. The number of nitrogens with zero attached hydrogens (tertiary/aromatic N) is 2. The summed E-state index contributed by atoms with van der Waals surface area (Å²) in [6.45, 7) is 1.83. The summed E-state index contributed by atoms with van der Waals surface area (Å²) in [5.74, 6) is -1.11. The van der Waals surface area contributed by atoms with Gasteiger partial charge in [-0.15, -0.1) is 0 Å². The molecule has 0 unspecified atom stereocenters. The lowest BCUT2D eigenvalue weighted by molar-refractivity contribution is -0.137. The van der Waals surface area contributed by atoms with Gasteiger partial charge in [0.2, 0.25) is 0 Å². The molecule has 8 heteroatoms. The van der Waals surface area contributed by atoms with Gasteiger partial charge in [0.15, 0.2) is 0 Å². The smallest absolute Gasteiger partial charge is 0.343 e. The van der Waals surface area contributed by atoms with E-state index >= 15 is 0 Å². The Labute approximate surface area is 142 Å². The van der Waals surface area contributed by atoms with Gasteiger partial charge in [-0.2, -0.15) is 0 Å². The quantitative estimate of drug-likeness (QED) is 0.281. The number of hydrogen-bond acceptors (Lipinski definition) is 5. The molecular formula is C14H13Cl3N2O3. The molecule has 0 aromatic carbocycles. The Morgan fingerprint density at radius 3 is 2.73 bits per heavy atom. The summed E-state index contributed by atoms with van der Waals surface area (Å²) in [6, 6.07) is 0.180. The minimum atomic E-state index is -0.702. The molecule has 0 radical (unpaired) electrons. The van der Waals surface area contributed by atoms with Gasteiger partial charge in [-0.05, 0) is 19.8 Å². The zero-order valence-corrected chi connectivity index (χ0v) is 13.9. The van der Waals surface area contributed by atoms with Crippen LogP contribution in [0.4, 0.5) is 0 Å². The van der Waals surface area contributed by atoms with Crippen molar-refractivity contribution in [3.05, 3.63) is 32.5 Å². The van der Waals surface area contributed by atoms with Crippen LogP contribution in [0.2, 0.25) is 15.2 Å². The third-order valence-corrected chi connectivity index (χ3v) is 4.12. The maximum atomic E-state index is 12.0. The molecule has 0 spiro atoms. The van der Waals surface area contributed by atoms with Crippen molar-refractivity contribution in [3.63, 3.8) is 0 Å². The molecule has 1 saturated carbocycles. The van der Waals surface area contributed by atoms with Crippen LogP contribution in [0, 0.1) is 0 Å². The average Bonchev–Trinajstić information content (AvgIpc) is 3.29. The van der Waals surface area contributed by atoms with Gasteiger partial charge in [-0.1, -0.05) is 34.8 Å². The Morgan fingerprint density at radius 2 is 2.14 bits per heavy atom. The number of ether oxygens (including phenoxy) is 1. The van der Waals surface area contributed by atoms with Crippen LogP contribution in [0.25, 0.3) is 5.76 Å². The number of carbonyl (C=O) groups is 1. The summed E-state index contributed by atoms with van der Waals surface area (Å²) in [7, 11) is 0. The maximum Gasteiger partial charge on any atom is 0.343 e. The predicted octanol–water partition coefficient (Wildman–Crippen LogP) is 4.11. The van der Waals surface area contributed by atoms with Crippen molar-refractivity contribution >= 4 is 52.7 Å². The fourth-order valence-electron chi connectivity index (χ4n) is 1.58. The molecule has 2 rings (SSSR count). The number of aromatic nitrogens is 1. The first-order chi connectivity index (χ1) is 10.5. The Kier molecular flexibility index (Phi) is 5.67. The number of esters is 1. The molecule has 0 amide bonds. The van der Waals surface area contributed by atoms with E-state index in [0.29, 0.717) is 0 Å². The molecule has 0 atom stereocenters. The highest BCUT2D eigenvalue weighted by atomic mass is 35.5. The first kappa shape index (κ1) is 17.1. The fourth-order valence-corrected chi connectivity index (χ4v) is 2.15. The first-order valence-corrected chi connectivity index (χ1v) is 7.72. The van der Waals surface area contributed by atoms with E-state index in [9.17, 15) is 9.90 Å². The Balaban J connectivity index is 2.47. The van der Waals surface area contributed by atoms with Gasteiger partial charge < -0.3 is 9.84 Å². The van der Waals surface area contributed by atoms with Crippen LogP contribution in [0.15, 0.2) is 16.8 Å². The predicted molar refractivity (Wildman–Crippen MR) is 87.0 cm³/mol. The molecule has 0 aliphatic heterocycles. The van der Waals surface area contributed by atoms with Crippen LogP contribution < -0.4 is 0 Å². The summed E-state index contributed by atoms with van der Waals surface area (Å²) in [4.78, 5) is 20.0. The average molecular weight is 364 g/mol. The monoisotopic (exact) mass is 362 g/mol. The van der Waals surface area contributed by atoms with E-state index in [1.54, 1.807) is 6.92 Å². The van der Waals surface area contributed by atoms with Crippen LogP contribution in [-0.4, -0.2) is 34.9 Å². The number of carbonyl (C=O) groups excluding carboxylic acids is 1. The van der Waals surface area contributed by atoms with E-state index in [1.165, 1.54) is 12.4 Å². The van der Waals surface area contributed by atoms with Crippen molar-refractivity contribution in [3.8, 4) is 0 Å². The molecule has 0 bridgehead atoms. The largest absolute Gasteiger partial charge is 0.506 e. The second-order valence-electron chi connectivity index (χ2n) is 4.58. The van der Waals surface area contributed by atoms with Crippen LogP contribution in [0.5, 0.6) is 0 Å². The Hall–Kier alpha value is -1.30. The van der Waals surface area contributed by atoms with E-state index < -0.39 is 11.7 Å². The molecule has 1 aromatic heterocycles. The number of hydrogen-bond donors (Lipinski definition) is 1. The summed E-state index contributed by atoms with van der Waals surface area (Å²) >= 11 is 17.7. The molecule has 5 nitrogen and oxygen atoms in total. The van der Waals surface area contributed by atoms with Crippen LogP contribution in [0.3, 0.4) is 0 Å². The topological polar surface area (TPSA) is 71.8 Å². The summed E-state index contributed by atoms with van der Waals surface area (Å²) in [5, 5.41) is 10.4. The van der Waals surface area contributed by atoms with Crippen LogP contribution in [-0.2, 0) is 9.53 Å². The highest BCUT2D eigenvalue weighted by Crippen LogP contribution is 2.34. The van der Waals surface area contributed by atoms with Crippen molar-refractivity contribution < 1.29 is 14.6 Å². The highest BCUT2D eigenvalue weighted by molar-refractivity contribution is 6.48. The number of rotatable bonds is 5. The summed E-state index contributed by atoms with van der Waals surface area (Å²) in [6.07, 6.45) is 4.45. The van der Waals surface area contributed by atoms with Crippen molar-refractivity contribution in [2.75, 3.05) is 6.61 Å². The van der Waals surface area contributed by atoms with Crippen LogP contribution >= 0.6 is 34.8 Å². The lowest BCUT2D eigenvalue weighted by atomic mass is 10.1. The van der Waals surface area contributed by atoms with E-state index in [-0.39, 0.29) is 39.0 Å². The molecule has 1 aromatic rings. The van der Waals surface area contributed by atoms with Gasteiger partial charge in [0.1, 0.15) is 16.5 Å². The standard InChI is InChI=1S/C14H13Cl3N2O3/c1-2-22-14(21)9(6-18-7-3-4-7)12(20)8-5-19-13(17)11(16)10(8)15/h5-7,20H,2-4H2,1H3. The van der Waals surface area contributed by atoms with E-state index in [1.807, 2.05) is 0 Å². The van der Waals surface area contributed by atoms with Crippen molar-refractivity contribution in [2.24, 2.45) is 4.99 Å². The lowest BCUT2D eigenvalue weighted by Gasteiger charge is -2.09. The molecular weight excluding hydrogens is 351 g/mol. The van der Waals surface area contributed by atoms with Gasteiger partial charge in [-0.25, -0.2) is 9.78 Å². The third-order valence-electron chi connectivity index (χ3n) is 2.88. The first-order valence-electron chi connectivity index (χ1n) is 6.59. The molecule has 1 heterocycles. The van der Waals surface area contributed by atoms with Crippen molar-refractivity contribution in [1.82, 2.24) is 4.98 Å². The maximum absolute atomic E-state index is 12.0. The molecule has 22 heavy (non-hydrogen) atoms. The zero-order valence-electron chi connectivity index (χ0n) is 11.6. The Morgan fingerprint density at radius 1 is 1.45 bits per heavy atom. The number of aliphatic hydroxyl groups excluding tert-OH is 1. The minimum Gasteiger partial charge on any atom is -0.506 e. The number of pyridine rings is 1. The van der Waals surface area contributed by atoms with E-state index in [2.05, 4.69) is 9.98 Å². The second kappa shape index (κ2) is 7.31. The molecule has 1 aliphatic rings. The molecule has 1 aliphatic carbocycles. The fraction of sp³-hybridized carbons (Fsp3) is 0.357. The van der Waals surface area contributed by atoms with Gasteiger partial charge in [0.25, 0.3) is 0 Å². The second-order valence-corrected chi connectivity index (χ2v) is 5.70. The summed E-state index contributed by atoms with van der Waals surface area (Å²) in [5.41, 5.74) is -0.0165. The molecule has 118 valence electrons. The van der Waals surface area contributed by atoms with E-state index in [0.717, 1.165) is 12.8 Å². The molecule has 1 fully saturated rings.